The summed E-state index contributed by atoms with van der Waals surface area (Å²) in [6, 6.07) is -1.04. The Morgan fingerprint density at radius 1 is 0.520 bits per heavy atom. The Labute approximate surface area is 458 Å². The molecule has 75 heavy (non-hydrogen) atoms. The van der Waals surface area contributed by atoms with E-state index in [9.17, 15) is 35.1 Å². The summed E-state index contributed by atoms with van der Waals surface area (Å²) in [7, 11) is 0. The van der Waals surface area contributed by atoms with E-state index in [0.717, 1.165) is 96.3 Å². The maximum Gasteiger partial charge on any atom is 0.306 e. The molecule has 0 radical (unpaired) electrons. The van der Waals surface area contributed by atoms with Crippen LogP contribution in [0.2, 0.25) is 0 Å². The number of unbranched alkanes of at least 4 members (excludes halogenated alkanes) is 27. The van der Waals surface area contributed by atoms with E-state index in [1.807, 2.05) is 6.08 Å². The van der Waals surface area contributed by atoms with E-state index in [-0.39, 0.29) is 19.4 Å². The second kappa shape index (κ2) is 51.8. The van der Waals surface area contributed by atoms with Crippen molar-refractivity contribution in [1.29, 1.82) is 0 Å². The third-order valence-electron chi connectivity index (χ3n) is 14.1. The molecule has 1 heterocycles. The molecule has 0 spiro atoms. The van der Waals surface area contributed by atoms with Gasteiger partial charge in [-0.05, 0) is 96.3 Å². The fourth-order valence-electron chi connectivity index (χ4n) is 9.16. The van der Waals surface area contributed by atoms with Gasteiger partial charge in [0.15, 0.2) is 12.4 Å². The maximum atomic E-state index is 13.4. The molecule has 8 atom stereocenters. The smallest absolute Gasteiger partial charge is 0.306 e. The minimum Gasteiger partial charge on any atom is -0.454 e. The van der Waals surface area contributed by atoms with E-state index in [4.69, 9.17) is 14.2 Å². The Kier molecular flexibility index (Phi) is 48.5. The topological polar surface area (TPSA) is 175 Å². The molecule has 0 aromatic heterocycles. The van der Waals surface area contributed by atoms with E-state index >= 15 is 0 Å². The van der Waals surface area contributed by atoms with Gasteiger partial charge < -0.3 is 45.1 Å². The van der Waals surface area contributed by atoms with Crippen LogP contribution in [0.3, 0.4) is 0 Å². The first-order valence-corrected chi connectivity index (χ1v) is 30.7. The van der Waals surface area contributed by atoms with Crippen LogP contribution in [0.15, 0.2) is 72.9 Å². The van der Waals surface area contributed by atoms with Crippen LogP contribution < -0.4 is 5.32 Å². The molecule has 0 aliphatic carbocycles. The molecule has 6 N–H and O–H groups in total. The van der Waals surface area contributed by atoms with Gasteiger partial charge in [-0.15, -0.1) is 0 Å². The standard InChI is InChI=1S/C64H113NO10/c1-4-7-10-13-16-19-22-24-26-28-30-31-33-36-39-42-45-48-51-57(68)63(72)65-55(56(67)50-47-44-41-38-35-21-18-15-12-9-6-3)54-73-64-62(61(71)60(70)58(53-66)74-64)75-59(69)52-49-46-43-40-37-34-32-29-27-25-23-20-17-14-11-8-5-2/h16,19,24-27,30-31,36,39,47,50,55-58,60-62,64,66-68,70-71H,4-15,17-18,20-23,28-29,32-35,37-38,40-46,48-49,51-54H2,1-3H3,(H,65,72)/b19-16-,26-24-,27-25+,31-30-,39-36-,50-47+. The van der Waals surface area contributed by atoms with Crippen molar-refractivity contribution in [2.75, 3.05) is 13.2 Å². The van der Waals surface area contributed by atoms with Gasteiger partial charge in [-0.3, -0.25) is 9.59 Å². The van der Waals surface area contributed by atoms with Crippen molar-refractivity contribution in [2.45, 2.75) is 307 Å². The number of aliphatic hydroxyl groups excluding tert-OH is 5. The third-order valence-corrected chi connectivity index (χ3v) is 14.1. The first-order valence-electron chi connectivity index (χ1n) is 30.7. The van der Waals surface area contributed by atoms with Crippen LogP contribution in [0.1, 0.15) is 258 Å². The Bertz CT molecular complexity index is 1490. The molecule has 434 valence electrons. The monoisotopic (exact) mass is 1060 g/mol. The molecule has 8 unspecified atom stereocenters. The number of allylic oxidation sites excluding steroid dienone is 11. The zero-order valence-electron chi connectivity index (χ0n) is 47.9. The van der Waals surface area contributed by atoms with Gasteiger partial charge in [0.1, 0.15) is 24.4 Å². The zero-order valence-corrected chi connectivity index (χ0v) is 47.9. The lowest BCUT2D eigenvalue weighted by molar-refractivity contribution is -0.305. The fourth-order valence-corrected chi connectivity index (χ4v) is 9.16. The Hall–Kier alpha value is -2.90. The minimum absolute atomic E-state index is 0.113. The summed E-state index contributed by atoms with van der Waals surface area (Å²) in [4.78, 5) is 26.5. The van der Waals surface area contributed by atoms with Crippen LogP contribution in [0.4, 0.5) is 0 Å². The largest absolute Gasteiger partial charge is 0.454 e. The van der Waals surface area contributed by atoms with Crippen molar-refractivity contribution >= 4 is 11.9 Å². The number of amides is 1. The Morgan fingerprint density at radius 3 is 1.41 bits per heavy atom. The second-order valence-corrected chi connectivity index (χ2v) is 21.1. The van der Waals surface area contributed by atoms with Gasteiger partial charge in [0.25, 0.3) is 0 Å². The van der Waals surface area contributed by atoms with Gasteiger partial charge in [-0.25, -0.2) is 0 Å². The molecule has 0 aromatic carbocycles. The lowest BCUT2D eigenvalue weighted by Gasteiger charge is -2.41. The van der Waals surface area contributed by atoms with Crippen molar-refractivity contribution < 1.29 is 49.3 Å². The van der Waals surface area contributed by atoms with Crippen molar-refractivity contribution in [2.24, 2.45) is 0 Å². The van der Waals surface area contributed by atoms with Crippen LogP contribution in [0, 0.1) is 0 Å². The van der Waals surface area contributed by atoms with E-state index in [1.165, 1.54) is 116 Å². The summed E-state index contributed by atoms with van der Waals surface area (Å²) < 4.78 is 17.6. The van der Waals surface area contributed by atoms with Gasteiger partial charge in [0.05, 0.1) is 25.4 Å². The number of esters is 1. The predicted molar refractivity (Wildman–Crippen MR) is 310 cm³/mol. The molecule has 1 rings (SSSR count). The molecule has 1 aliphatic heterocycles. The van der Waals surface area contributed by atoms with Crippen molar-refractivity contribution in [3.05, 3.63) is 72.9 Å². The lowest BCUT2D eigenvalue weighted by Crippen LogP contribution is -2.61. The fraction of sp³-hybridized carbons (Fsp3) is 0.781. The average Bonchev–Trinajstić information content (AvgIpc) is 3.41. The third kappa shape index (κ3) is 40.0. The molecule has 11 nitrogen and oxygen atoms in total. The quantitative estimate of drug-likeness (QED) is 0.0195. The van der Waals surface area contributed by atoms with Crippen LogP contribution in [-0.2, 0) is 23.8 Å². The highest BCUT2D eigenvalue weighted by atomic mass is 16.7. The number of carbonyl (C=O) groups is 2. The molecule has 0 aromatic rings. The zero-order chi connectivity index (χ0) is 54.7. The molecule has 1 fully saturated rings. The van der Waals surface area contributed by atoms with E-state index < -0.39 is 67.4 Å². The van der Waals surface area contributed by atoms with Gasteiger partial charge >= 0.3 is 5.97 Å². The first-order chi connectivity index (χ1) is 36.7. The number of ether oxygens (including phenoxy) is 3. The van der Waals surface area contributed by atoms with Gasteiger partial charge in [-0.2, -0.15) is 0 Å². The summed E-state index contributed by atoms with van der Waals surface area (Å²) >= 11 is 0. The van der Waals surface area contributed by atoms with Gasteiger partial charge in [0.2, 0.25) is 5.91 Å². The number of hydrogen-bond donors (Lipinski definition) is 6. The molecule has 1 amide bonds. The van der Waals surface area contributed by atoms with Crippen molar-refractivity contribution in [3.63, 3.8) is 0 Å². The summed E-state index contributed by atoms with van der Waals surface area (Å²) in [5.41, 5.74) is 0. The first kappa shape index (κ1) is 70.1. The number of aliphatic hydroxyl groups is 5. The van der Waals surface area contributed by atoms with Crippen LogP contribution >= 0.6 is 0 Å². The second-order valence-electron chi connectivity index (χ2n) is 21.1. The number of carbonyl (C=O) groups excluding carboxylic acids is 2. The van der Waals surface area contributed by atoms with Crippen molar-refractivity contribution in [3.8, 4) is 0 Å². The van der Waals surface area contributed by atoms with Gasteiger partial charge in [0, 0.05) is 6.42 Å². The molecule has 0 bridgehead atoms. The predicted octanol–water partition coefficient (Wildman–Crippen LogP) is 14.4. The lowest BCUT2D eigenvalue weighted by atomic mass is 9.99. The SMILES string of the molecule is CCCCC/C=C\C/C=C\C/C=C\C/C=C\CCCCC(O)C(=O)NC(COC1OC(CO)C(O)C(O)C1OC(=O)CCCCCCCCC/C=C/CCCCCCCC)C(O)/C=C/CCCCCCCCCCC. The van der Waals surface area contributed by atoms with Crippen LogP contribution in [0.5, 0.6) is 0 Å². The summed E-state index contributed by atoms with van der Waals surface area (Å²) in [6.07, 6.45) is 55.1. The number of rotatable bonds is 51. The summed E-state index contributed by atoms with van der Waals surface area (Å²) in [6.45, 7) is 5.72. The molecule has 11 heteroatoms. The summed E-state index contributed by atoms with van der Waals surface area (Å²) in [5.74, 6) is -1.23. The Balaban J connectivity index is 2.71. The minimum atomic E-state index is -1.62. The average molecular weight is 1060 g/mol. The molecule has 1 saturated heterocycles. The van der Waals surface area contributed by atoms with E-state index in [2.05, 4.69) is 86.8 Å². The number of hydrogen-bond acceptors (Lipinski definition) is 10. The molecular formula is C64H113NO10. The summed E-state index contributed by atoms with van der Waals surface area (Å²) in [5, 5.41) is 56.9. The Morgan fingerprint density at radius 2 is 0.920 bits per heavy atom. The number of nitrogens with one attached hydrogen (secondary N) is 1. The van der Waals surface area contributed by atoms with E-state index in [1.54, 1.807) is 6.08 Å². The molecular weight excluding hydrogens is 943 g/mol. The van der Waals surface area contributed by atoms with Crippen LogP contribution in [0.25, 0.3) is 0 Å². The molecule has 1 aliphatic rings. The molecule has 0 saturated carbocycles. The normalized spacial score (nSPS) is 19.7. The highest BCUT2D eigenvalue weighted by Crippen LogP contribution is 2.26. The van der Waals surface area contributed by atoms with Crippen molar-refractivity contribution in [1.82, 2.24) is 5.32 Å². The van der Waals surface area contributed by atoms with Gasteiger partial charge in [-0.1, -0.05) is 229 Å². The van der Waals surface area contributed by atoms with Crippen LogP contribution in [-0.4, -0.2) is 99.6 Å². The van der Waals surface area contributed by atoms with E-state index in [0.29, 0.717) is 12.8 Å². The highest BCUT2D eigenvalue weighted by molar-refractivity contribution is 5.80. The highest BCUT2D eigenvalue weighted by Gasteiger charge is 2.47. The maximum absolute atomic E-state index is 13.4.